The number of anilines is 2. The summed E-state index contributed by atoms with van der Waals surface area (Å²) in [6.45, 7) is 2.76. The highest BCUT2D eigenvalue weighted by molar-refractivity contribution is 7.89. The molecule has 0 fully saturated rings. The van der Waals surface area contributed by atoms with E-state index in [1.807, 2.05) is 6.92 Å². The Bertz CT molecular complexity index is 601. The molecule has 1 aromatic rings. The predicted octanol–water partition coefficient (Wildman–Crippen LogP) is 0.139. The number of carbonyl (C=O) groups is 1. The number of amides is 1. The van der Waals surface area contributed by atoms with Crippen LogP contribution < -0.4 is 20.7 Å². The predicted molar refractivity (Wildman–Crippen MR) is 83.7 cm³/mol. The number of nitrogens with zero attached hydrogens (tertiary/aromatic N) is 1. The second-order valence-corrected chi connectivity index (χ2v) is 6.52. The Hall–Kier alpha value is -1.80. The van der Waals surface area contributed by atoms with Crippen molar-refractivity contribution < 1.29 is 13.2 Å². The fourth-order valence-electron chi connectivity index (χ4n) is 1.79. The second-order valence-electron chi connectivity index (χ2n) is 4.63. The first-order chi connectivity index (χ1) is 9.81. The Morgan fingerprint density at radius 2 is 2.05 bits per heavy atom. The standard InChI is InChI=1S/C13H22N4O3S/c1-4-7-16-13(18)9-17(3)12-6-5-10(8-11(12)14)21(19,20)15-2/h5-6,8,15H,4,7,9,14H2,1-3H3,(H,16,18). The molecule has 4 N–H and O–H groups in total. The van der Waals surface area contributed by atoms with Crippen LogP contribution in [-0.2, 0) is 14.8 Å². The van der Waals surface area contributed by atoms with Crippen molar-refractivity contribution in [3.63, 3.8) is 0 Å². The number of sulfonamides is 1. The minimum atomic E-state index is -3.53. The fourth-order valence-corrected chi connectivity index (χ4v) is 2.55. The van der Waals surface area contributed by atoms with Crippen molar-refractivity contribution in [1.29, 1.82) is 0 Å². The van der Waals surface area contributed by atoms with E-state index < -0.39 is 10.0 Å². The van der Waals surface area contributed by atoms with E-state index in [0.29, 0.717) is 17.9 Å². The molecule has 0 spiro atoms. The van der Waals surface area contributed by atoms with Crippen LogP contribution in [-0.4, -0.2) is 41.5 Å². The van der Waals surface area contributed by atoms with E-state index in [0.717, 1.165) is 6.42 Å². The van der Waals surface area contributed by atoms with Gasteiger partial charge < -0.3 is 16.0 Å². The van der Waals surface area contributed by atoms with Gasteiger partial charge in [-0.1, -0.05) is 6.92 Å². The molecular weight excluding hydrogens is 292 g/mol. The van der Waals surface area contributed by atoms with Crippen molar-refractivity contribution in [2.75, 3.05) is 37.8 Å². The number of nitrogens with two attached hydrogens (primary N) is 1. The van der Waals surface area contributed by atoms with Gasteiger partial charge >= 0.3 is 0 Å². The fraction of sp³-hybridized carbons (Fsp3) is 0.462. The van der Waals surface area contributed by atoms with Crippen LogP contribution in [0, 0.1) is 0 Å². The number of nitrogens with one attached hydrogen (secondary N) is 2. The average Bonchev–Trinajstić information content (AvgIpc) is 2.44. The zero-order chi connectivity index (χ0) is 16.0. The molecule has 0 saturated heterocycles. The number of nitrogen functional groups attached to an aromatic ring is 1. The van der Waals surface area contributed by atoms with E-state index in [1.54, 1.807) is 18.0 Å². The summed E-state index contributed by atoms with van der Waals surface area (Å²) in [5.74, 6) is -0.106. The molecular formula is C13H22N4O3S. The lowest BCUT2D eigenvalue weighted by molar-refractivity contribution is -0.119. The largest absolute Gasteiger partial charge is 0.397 e. The zero-order valence-corrected chi connectivity index (χ0v) is 13.3. The van der Waals surface area contributed by atoms with Gasteiger partial charge in [-0.3, -0.25) is 4.79 Å². The summed E-state index contributed by atoms with van der Waals surface area (Å²) >= 11 is 0. The summed E-state index contributed by atoms with van der Waals surface area (Å²) in [6.07, 6.45) is 0.869. The number of benzene rings is 1. The van der Waals surface area contributed by atoms with Crippen LogP contribution in [0.1, 0.15) is 13.3 Å². The Kier molecular flexibility index (Phi) is 5.98. The molecule has 0 aliphatic heterocycles. The van der Waals surface area contributed by atoms with Gasteiger partial charge in [-0.25, -0.2) is 13.1 Å². The van der Waals surface area contributed by atoms with E-state index in [2.05, 4.69) is 10.0 Å². The van der Waals surface area contributed by atoms with E-state index >= 15 is 0 Å². The lowest BCUT2D eigenvalue weighted by Gasteiger charge is -2.21. The van der Waals surface area contributed by atoms with E-state index in [4.69, 9.17) is 5.73 Å². The van der Waals surface area contributed by atoms with Gasteiger partial charge in [0.25, 0.3) is 0 Å². The molecule has 0 atom stereocenters. The monoisotopic (exact) mass is 314 g/mol. The van der Waals surface area contributed by atoms with E-state index in [9.17, 15) is 13.2 Å². The molecule has 21 heavy (non-hydrogen) atoms. The minimum absolute atomic E-state index is 0.0927. The number of rotatable bonds is 7. The number of hydrogen-bond acceptors (Lipinski definition) is 5. The second kappa shape index (κ2) is 7.28. The van der Waals surface area contributed by atoms with Gasteiger partial charge in [0.1, 0.15) is 0 Å². The van der Waals surface area contributed by atoms with Crippen LogP contribution in [0.2, 0.25) is 0 Å². The zero-order valence-electron chi connectivity index (χ0n) is 12.5. The molecule has 0 bridgehead atoms. The Balaban J connectivity index is 2.87. The highest BCUT2D eigenvalue weighted by Gasteiger charge is 2.15. The summed E-state index contributed by atoms with van der Waals surface area (Å²) in [7, 11) is -0.463. The SMILES string of the molecule is CCCNC(=O)CN(C)c1ccc(S(=O)(=O)NC)cc1N. The van der Waals surface area contributed by atoms with Crippen LogP contribution in [0.25, 0.3) is 0 Å². The minimum Gasteiger partial charge on any atom is -0.397 e. The molecule has 8 heteroatoms. The van der Waals surface area contributed by atoms with Gasteiger partial charge in [0.2, 0.25) is 15.9 Å². The van der Waals surface area contributed by atoms with Gasteiger partial charge in [-0.2, -0.15) is 0 Å². The molecule has 0 unspecified atom stereocenters. The van der Waals surface area contributed by atoms with Crippen LogP contribution in [0.5, 0.6) is 0 Å². The van der Waals surface area contributed by atoms with Crippen molar-refractivity contribution in [3.05, 3.63) is 18.2 Å². The van der Waals surface area contributed by atoms with Crippen molar-refractivity contribution in [1.82, 2.24) is 10.0 Å². The van der Waals surface area contributed by atoms with Crippen molar-refractivity contribution >= 4 is 27.3 Å². The van der Waals surface area contributed by atoms with Gasteiger partial charge in [0.05, 0.1) is 22.8 Å². The van der Waals surface area contributed by atoms with Crippen LogP contribution in [0.15, 0.2) is 23.1 Å². The van der Waals surface area contributed by atoms with Crippen molar-refractivity contribution in [3.8, 4) is 0 Å². The number of carbonyl (C=O) groups excluding carboxylic acids is 1. The first-order valence-corrected chi connectivity index (χ1v) is 8.11. The molecule has 0 aliphatic rings. The van der Waals surface area contributed by atoms with Crippen molar-refractivity contribution in [2.45, 2.75) is 18.2 Å². The number of hydrogen-bond donors (Lipinski definition) is 3. The molecule has 1 rings (SSSR count). The molecule has 0 aliphatic carbocycles. The van der Waals surface area contributed by atoms with Gasteiger partial charge in [-0.05, 0) is 31.7 Å². The highest BCUT2D eigenvalue weighted by Crippen LogP contribution is 2.25. The molecule has 0 heterocycles. The summed E-state index contributed by atoms with van der Waals surface area (Å²) in [5.41, 5.74) is 6.79. The summed E-state index contributed by atoms with van der Waals surface area (Å²) < 4.78 is 25.6. The van der Waals surface area contributed by atoms with E-state index in [-0.39, 0.29) is 17.3 Å². The highest BCUT2D eigenvalue weighted by atomic mass is 32.2. The van der Waals surface area contributed by atoms with Crippen LogP contribution in [0.3, 0.4) is 0 Å². The van der Waals surface area contributed by atoms with Gasteiger partial charge in [0.15, 0.2) is 0 Å². The lowest BCUT2D eigenvalue weighted by atomic mass is 10.2. The Labute approximate surface area is 125 Å². The third-order valence-corrected chi connectivity index (χ3v) is 4.35. The van der Waals surface area contributed by atoms with Crippen molar-refractivity contribution in [2.24, 2.45) is 0 Å². The maximum absolute atomic E-state index is 11.7. The normalized spacial score (nSPS) is 11.2. The Morgan fingerprint density at radius 1 is 1.38 bits per heavy atom. The topological polar surface area (TPSA) is 105 Å². The molecule has 1 amide bonds. The lowest BCUT2D eigenvalue weighted by Crippen LogP contribution is -2.35. The Morgan fingerprint density at radius 3 is 2.57 bits per heavy atom. The van der Waals surface area contributed by atoms with Crippen LogP contribution in [0.4, 0.5) is 11.4 Å². The molecule has 0 aromatic heterocycles. The quantitative estimate of drug-likeness (QED) is 0.621. The summed E-state index contributed by atoms with van der Waals surface area (Å²) in [5, 5.41) is 2.77. The number of likely N-dealkylation sites (N-methyl/N-ethyl adjacent to an activating group) is 1. The van der Waals surface area contributed by atoms with Gasteiger partial charge in [0, 0.05) is 13.6 Å². The first kappa shape index (κ1) is 17.3. The van der Waals surface area contributed by atoms with Crippen LogP contribution >= 0.6 is 0 Å². The smallest absolute Gasteiger partial charge is 0.240 e. The first-order valence-electron chi connectivity index (χ1n) is 6.62. The summed E-state index contributed by atoms with van der Waals surface area (Å²) in [6, 6.07) is 4.42. The third-order valence-electron chi connectivity index (χ3n) is 2.94. The maximum Gasteiger partial charge on any atom is 0.240 e. The molecule has 0 saturated carbocycles. The van der Waals surface area contributed by atoms with E-state index in [1.165, 1.54) is 19.2 Å². The summed E-state index contributed by atoms with van der Waals surface area (Å²) in [4.78, 5) is 13.4. The third kappa shape index (κ3) is 4.61. The maximum atomic E-state index is 11.7. The molecule has 7 nitrogen and oxygen atoms in total. The average molecular weight is 314 g/mol. The molecule has 1 aromatic carbocycles. The molecule has 0 radical (unpaired) electrons. The van der Waals surface area contributed by atoms with Gasteiger partial charge in [-0.15, -0.1) is 0 Å². The molecule has 118 valence electrons.